The largest absolute Gasteiger partial charge is 0.489 e. The van der Waals surface area contributed by atoms with Gasteiger partial charge in [-0.25, -0.2) is 0 Å². The number of likely N-dealkylation sites (N-methyl/N-ethyl adjacent to an activating group) is 1. The molecule has 0 aromatic rings. The van der Waals surface area contributed by atoms with E-state index in [2.05, 4.69) is 4.90 Å². The van der Waals surface area contributed by atoms with Gasteiger partial charge in [0.2, 0.25) is 0 Å². The van der Waals surface area contributed by atoms with Crippen molar-refractivity contribution in [3.8, 4) is 0 Å². The van der Waals surface area contributed by atoms with Crippen LogP contribution in [-0.4, -0.2) is 136 Å². The van der Waals surface area contributed by atoms with Crippen molar-refractivity contribution in [2.45, 2.75) is 186 Å². The molecule has 4 aliphatic rings. The highest BCUT2D eigenvalue weighted by Gasteiger charge is 2.56. The van der Waals surface area contributed by atoms with Crippen LogP contribution in [0.4, 0.5) is 0 Å². The zero-order valence-electron chi connectivity index (χ0n) is 33.1. The SMILES string of the molecule is CCC1OC(=O)C(C)C(O[C@@H]2C[C@@](C)(OC)[C@@H](O)[C@H](C)O2)C(C)C(O[C@@H]2O[C@H](C)C[C@H](N(C)CC)[C@H]2O)[C@@]2(C)CC(C)=C(O2)[C@@H](C)[C@@H](O)[C@]1(C)O. The molecular formula is C38H67NO12. The minimum atomic E-state index is -1.82. The minimum Gasteiger partial charge on any atom is -0.489 e. The van der Waals surface area contributed by atoms with Crippen LogP contribution < -0.4 is 0 Å². The number of carbonyl (C=O) groups is 1. The molecule has 0 aromatic carbocycles. The molecule has 0 radical (unpaired) electrons. The summed E-state index contributed by atoms with van der Waals surface area (Å²) in [5.74, 6) is -2.31. The van der Waals surface area contributed by atoms with Gasteiger partial charge in [0.1, 0.15) is 41.4 Å². The normalized spacial score (nSPS) is 48.8. The minimum absolute atomic E-state index is 0.174. The Balaban J connectivity index is 1.84. The van der Waals surface area contributed by atoms with Gasteiger partial charge < -0.3 is 58.5 Å². The summed E-state index contributed by atoms with van der Waals surface area (Å²) in [4.78, 5) is 16.2. The summed E-state index contributed by atoms with van der Waals surface area (Å²) in [6, 6.07) is -0.221. The number of ether oxygens (including phenoxy) is 7. The van der Waals surface area contributed by atoms with Gasteiger partial charge in [0.05, 0.1) is 35.9 Å². The predicted octanol–water partition coefficient (Wildman–Crippen LogP) is 3.28. The molecule has 4 rings (SSSR count). The third-order valence-corrected chi connectivity index (χ3v) is 12.4. The Morgan fingerprint density at radius 1 is 0.961 bits per heavy atom. The molecule has 4 N–H and O–H groups in total. The summed E-state index contributed by atoms with van der Waals surface area (Å²) in [5, 5.41) is 46.0. The molecule has 3 saturated heterocycles. The summed E-state index contributed by atoms with van der Waals surface area (Å²) in [5.41, 5.74) is -3.00. The monoisotopic (exact) mass is 729 g/mol. The van der Waals surface area contributed by atoms with Crippen LogP contribution >= 0.6 is 0 Å². The molecule has 13 nitrogen and oxygen atoms in total. The van der Waals surface area contributed by atoms with Crippen LogP contribution in [0.5, 0.6) is 0 Å². The highest BCUT2D eigenvalue weighted by Crippen LogP contribution is 2.47. The van der Waals surface area contributed by atoms with Gasteiger partial charge in [-0.2, -0.15) is 0 Å². The van der Waals surface area contributed by atoms with Crippen LogP contribution in [0.2, 0.25) is 0 Å². The number of methoxy groups -OCH3 is 1. The lowest BCUT2D eigenvalue weighted by Crippen LogP contribution is -2.60. The maximum Gasteiger partial charge on any atom is 0.311 e. The van der Waals surface area contributed by atoms with Crippen LogP contribution in [0, 0.1) is 17.8 Å². The van der Waals surface area contributed by atoms with Crippen molar-refractivity contribution >= 4 is 5.97 Å². The second-order valence-corrected chi connectivity index (χ2v) is 16.5. The van der Waals surface area contributed by atoms with Crippen LogP contribution in [0.1, 0.15) is 102 Å². The third-order valence-electron chi connectivity index (χ3n) is 12.4. The van der Waals surface area contributed by atoms with E-state index in [1.54, 1.807) is 34.6 Å². The number of aliphatic hydroxyl groups excluding tert-OH is 3. The lowest BCUT2D eigenvalue weighted by atomic mass is 9.78. The quantitative estimate of drug-likeness (QED) is 0.269. The van der Waals surface area contributed by atoms with E-state index in [9.17, 15) is 25.2 Å². The number of aliphatic hydroxyl groups is 4. The van der Waals surface area contributed by atoms with Gasteiger partial charge in [-0.1, -0.05) is 27.7 Å². The van der Waals surface area contributed by atoms with Gasteiger partial charge in [0, 0.05) is 37.8 Å². The number of rotatable bonds is 8. The van der Waals surface area contributed by atoms with Gasteiger partial charge in [0.25, 0.3) is 0 Å². The van der Waals surface area contributed by atoms with E-state index in [0.29, 0.717) is 18.6 Å². The Morgan fingerprint density at radius 2 is 1.61 bits per heavy atom. The van der Waals surface area contributed by atoms with E-state index < -0.39 is 95.8 Å². The van der Waals surface area contributed by atoms with Crippen molar-refractivity contribution in [1.29, 1.82) is 0 Å². The molecule has 2 bridgehead atoms. The second kappa shape index (κ2) is 16.1. The molecule has 51 heavy (non-hydrogen) atoms. The molecule has 3 fully saturated rings. The number of hydrogen-bond donors (Lipinski definition) is 4. The summed E-state index contributed by atoms with van der Waals surface area (Å²) >= 11 is 0. The second-order valence-electron chi connectivity index (χ2n) is 16.5. The fourth-order valence-electron chi connectivity index (χ4n) is 8.89. The van der Waals surface area contributed by atoms with Crippen LogP contribution in [-0.2, 0) is 38.0 Å². The zero-order chi connectivity index (χ0) is 38.4. The predicted molar refractivity (Wildman–Crippen MR) is 188 cm³/mol. The van der Waals surface area contributed by atoms with Crippen LogP contribution in [0.25, 0.3) is 0 Å². The molecule has 4 aliphatic heterocycles. The molecule has 13 heteroatoms. The van der Waals surface area contributed by atoms with Crippen molar-refractivity contribution in [1.82, 2.24) is 4.90 Å². The molecule has 5 unspecified atom stereocenters. The molecule has 0 aliphatic carbocycles. The molecule has 4 heterocycles. The van der Waals surface area contributed by atoms with Crippen LogP contribution in [0.3, 0.4) is 0 Å². The van der Waals surface area contributed by atoms with Gasteiger partial charge in [-0.05, 0) is 80.5 Å². The van der Waals surface area contributed by atoms with E-state index in [1.165, 1.54) is 14.0 Å². The average molecular weight is 730 g/mol. The molecule has 0 amide bonds. The maximum atomic E-state index is 14.1. The number of cyclic esters (lactones) is 1. The van der Waals surface area contributed by atoms with Crippen molar-refractivity contribution in [2.24, 2.45) is 17.8 Å². The lowest BCUT2D eigenvalue weighted by Gasteiger charge is -2.48. The van der Waals surface area contributed by atoms with Gasteiger partial charge in [0.15, 0.2) is 12.6 Å². The van der Waals surface area contributed by atoms with E-state index in [0.717, 1.165) is 12.1 Å². The number of fused-ring (bicyclic) bond motifs is 2. The number of hydrogen-bond acceptors (Lipinski definition) is 13. The van der Waals surface area contributed by atoms with Gasteiger partial charge in [-0.3, -0.25) is 4.79 Å². The summed E-state index contributed by atoms with van der Waals surface area (Å²) in [6.07, 6.45) is -7.37. The fraction of sp³-hybridized carbons (Fsp3) is 0.921. The smallest absolute Gasteiger partial charge is 0.311 e. The Kier molecular flexibility index (Phi) is 13.4. The van der Waals surface area contributed by atoms with E-state index in [1.807, 2.05) is 41.7 Å². The summed E-state index contributed by atoms with van der Waals surface area (Å²) < 4.78 is 44.8. The average Bonchev–Trinajstić information content (AvgIpc) is 3.40. The highest BCUT2D eigenvalue weighted by atomic mass is 16.7. The van der Waals surface area contributed by atoms with Crippen molar-refractivity contribution in [2.75, 3.05) is 20.7 Å². The van der Waals surface area contributed by atoms with E-state index >= 15 is 0 Å². The number of nitrogens with zero attached hydrogens (tertiary/aromatic N) is 1. The lowest BCUT2D eigenvalue weighted by molar-refractivity contribution is -0.317. The highest BCUT2D eigenvalue weighted by molar-refractivity contribution is 5.73. The summed E-state index contributed by atoms with van der Waals surface area (Å²) in [6.45, 7) is 20.8. The first kappa shape index (κ1) is 42.4. The summed E-state index contributed by atoms with van der Waals surface area (Å²) in [7, 11) is 3.49. The van der Waals surface area contributed by atoms with E-state index in [4.69, 9.17) is 33.2 Å². The first-order valence-electron chi connectivity index (χ1n) is 18.9. The number of esters is 1. The standard InChI is InChI=1S/C38H67NO12/c1-14-26-38(11,44)31(41)21(5)29-19(3)17-37(10,51-29)33(50-35-28(40)25(39(12)15-2)16-20(4)46-35)22(6)30(23(7)34(43)48-26)49-27-18-36(9,45-13)32(42)24(8)47-27/h20-28,30-33,35,40-42,44H,14-18H2,1-13H3/t20-,21-,22?,23?,24+,25+,26?,27-,28-,30?,31-,32+,33?,35+,36-,37-,38-/m1/s1. The Bertz CT molecular complexity index is 1230. The van der Waals surface area contributed by atoms with E-state index in [-0.39, 0.29) is 25.0 Å². The Labute approximate surface area is 304 Å². The first-order valence-corrected chi connectivity index (χ1v) is 18.9. The fourth-order valence-corrected chi connectivity index (χ4v) is 8.89. The van der Waals surface area contributed by atoms with Crippen LogP contribution in [0.15, 0.2) is 11.3 Å². The zero-order valence-corrected chi connectivity index (χ0v) is 33.1. The third kappa shape index (κ3) is 8.33. The van der Waals surface area contributed by atoms with Crippen molar-refractivity contribution < 1.29 is 58.4 Å². The molecular weight excluding hydrogens is 662 g/mol. The van der Waals surface area contributed by atoms with Gasteiger partial charge in [-0.15, -0.1) is 0 Å². The Morgan fingerprint density at radius 3 is 2.20 bits per heavy atom. The van der Waals surface area contributed by atoms with Crippen molar-refractivity contribution in [3.05, 3.63) is 11.3 Å². The van der Waals surface area contributed by atoms with Crippen molar-refractivity contribution in [3.63, 3.8) is 0 Å². The van der Waals surface area contributed by atoms with Gasteiger partial charge >= 0.3 is 5.97 Å². The molecule has 0 spiro atoms. The number of carbonyl (C=O) groups excluding carboxylic acids is 1. The Hall–Kier alpha value is -1.39. The topological polar surface area (TPSA) is 166 Å². The maximum absolute atomic E-state index is 14.1. The first-order chi connectivity index (χ1) is 23.6. The molecule has 17 atom stereocenters. The molecule has 0 saturated carbocycles. The molecule has 296 valence electrons. The molecule has 0 aromatic heterocycles.